The van der Waals surface area contributed by atoms with Crippen LogP contribution in [0, 0.1) is 0 Å². The Morgan fingerprint density at radius 3 is 2.42 bits per heavy atom. The second kappa shape index (κ2) is 8.44. The molecule has 0 aromatic carbocycles. The fraction of sp³-hybridized carbons (Fsp3) is 0.600. The molecular weight excluding hydrogens is 282 g/mol. The average Bonchev–Trinajstić information content (AvgIpc) is 1.78. The van der Waals surface area contributed by atoms with Crippen molar-refractivity contribution in [1.82, 2.24) is 10.6 Å². The molecule has 0 bridgehead atoms. The van der Waals surface area contributed by atoms with Crippen LogP contribution >= 0.6 is 24.4 Å². The minimum Gasteiger partial charge on any atom is -0.412 e. The fourth-order valence-corrected chi connectivity index (χ4v) is 0.737. The topological polar surface area (TPSA) is 24.1 Å². The summed E-state index contributed by atoms with van der Waals surface area (Å²) in [7, 11) is 0. The fourth-order valence-electron chi connectivity index (χ4n) is 0.329. The average molecular weight is 293 g/mol. The van der Waals surface area contributed by atoms with Crippen LogP contribution in [0.5, 0.6) is 0 Å². The summed E-state index contributed by atoms with van der Waals surface area (Å²) in [5.74, 6) is 0. The largest absolute Gasteiger partial charge is 2.00 e. The van der Waals surface area contributed by atoms with Gasteiger partial charge in [-0.2, -0.15) is 0 Å². The van der Waals surface area contributed by atoms with Gasteiger partial charge in [-0.25, -0.2) is 0 Å². The molecular formula is C5H8N2S4Zn. The molecule has 64 valence electrons. The van der Waals surface area contributed by atoms with Gasteiger partial charge in [0.2, 0.25) is 0 Å². The Labute approximate surface area is 111 Å². The maximum Gasteiger partial charge on any atom is 2.00 e. The zero-order chi connectivity index (χ0) is 11.6. The first-order valence-electron chi connectivity index (χ1n) is 4.07. The van der Waals surface area contributed by atoms with E-state index in [9.17, 15) is 0 Å². The van der Waals surface area contributed by atoms with E-state index in [0.29, 0.717) is 0 Å². The first kappa shape index (κ1) is 9.40. The molecule has 0 aliphatic heterocycles. The second-order valence-corrected chi connectivity index (χ2v) is 3.72. The standard InChI is InChI=1S/C5H10N2S4.Zn/c1-3(7-5(10)11)2-6-4(8)9;/h3H,2H2,1H3,(H2,6,8,9)(H2,7,10,11);/q;+2/p-2/i2D2,3D;. The van der Waals surface area contributed by atoms with Crippen molar-refractivity contribution in [2.45, 2.75) is 12.9 Å². The quantitative estimate of drug-likeness (QED) is 0.438. The van der Waals surface area contributed by atoms with E-state index < -0.39 is 12.5 Å². The molecule has 0 heterocycles. The molecule has 0 aromatic heterocycles. The molecule has 2 N–H and O–H groups in total. The molecule has 1 atom stereocenters. The predicted molar refractivity (Wildman–Crippen MR) is 60.5 cm³/mol. The van der Waals surface area contributed by atoms with Gasteiger partial charge in [0.25, 0.3) is 0 Å². The van der Waals surface area contributed by atoms with E-state index in [1.807, 2.05) is 0 Å². The van der Waals surface area contributed by atoms with E-state index in [-0.39, 0.29) is 28.1 Å². The zero-order valence-corrected chi connectivity index (χ0v) is 12.6. The van der Waals surface area contributed by atoms with E-state index >= 15 is 0 Å². The Hall–Kier alpha value is 0.843. The molecule has 1 unspecified atom stereocenters. The van der Waals surface area contributed by atoms with Crippen LogP contribution in [0.15, 0.2) is 0 Å². The Bertz CT molecular complexity index is 235. The molecule has 0 saturated heterocycles. The van der Waals surface area contributed by atoms with Crippen LogP contribution in [0.25, 0.3) is 0 Å². The first-order valence-corrected chi connectivity index (χ1v) is 4.20. The second-order valence-electron chi connectivity index (χ2n) is 1.57. The molecule has 0 aliphatic rings. The minimum atomic E-state index is -2.14. The molecule has 0 radical (unpaired) electrons. The molecule has 2 nitrogen and oxygen atoms in total. The molecule has 0 fully saturated rings. The van der Waals surface area contributed by atoms with Gasteiger partial charge in [0, 0.05) is 12.5 Å². The van der Waals surface area contributed by atoms with Crippen molar-refractivity contribution in [1.29, 1.82) is 0 Å². The van der Waals surface area contributed by atoms with Crippen molar-refractivity contribution in [2.24, 2.45) is 0 Å². The number of hydrogen-bond donors (Lipinski definition) is 2. The summed E-state index contributed by atoms with van der Waals surface area (Å²) in [6.45, 7) is -0.860. The Balaban J connectivity index is 0. The SMILES string of the molecule is [2H]C([2H])(NC(=S)[S-])C([2H])(C)NC(=S)[S-].[Zn+2]. The van der Waals surface area contributed by atoms with Crippen LogP contribution in [0.1, 0.15) is 11.0 Å². The van der Waals surface area contributed by atoms with Crippen LogP contribution in [0.2, 0.25) is 0 Å². The Kier molecular flexibility index (Phi) is 6.61. The summed E-state index contributed by atoms with van der Waals surface area (Å²) < 4.78 is 22.4. The minimum absolute atomic E-state index is 0. The molecule has 0 aromatic rings. The van der Waals surface area contributed by atoms with Gasteiger partial charge in [0.15, 0.2) is 0 Å². The monoisotopic (exact) mass is 291 g/mol. The smallest absolute Gasteiger partial charge is 0.412 e. The molecule has 0 spiro atoms. The predicted octanol–water partition coefficient (Wildman–Crippen LogP) is 0.215. The maximum absolute atomic E-state index is 7.64. The maximum atomic E-state index is 7.64. The summed E-state index contributed by atoms with van der Waals surface area (Å²) >= 11 is 18.2. The van der Waals surface area contributed by atoms with E-state index in [1.165, 1.54) is 6.92 Å². The van der Waals surface area contributed by atoms with Gasteiger partial charge in [-0.1, -0.05) is 8.64 Å². The third kappa shape index (κ3) is 10.8. The van der Waals surface area contributed by atoms with Crippen LogP contribution in [-0.4, -0.2) is 21.2 Å². The van der Waals surface area contributed by atoms with E-state index in [4.69, 9.17) is 4.11 Å². The van der Waals surface area contributed by atoms with Gasteiger partial charge < -0.3 is 60.3 Å². The van der Waals surface area contributed by atoms with Gasteiger partial charge >= 0.3 is 19.5 Å². The van der Waals surface area contributed by atoms with Crippen molar-refractivity contribution in [3.05, 3.63) is 0 Å². The van der Waals surface area contributed by atoms with Crippen molar-refractivity contribution in [2.75, 3.05) is 6.50 Å². The zero-order valence-electron chi connectivity index (χ0n) is 9.34. The van der Waals surface area contributed by atoms with Crippen molar-refractivity contribution in [3.8, 4) is 0 Å². The van der Waals surface area contributed by atoms with Gasteiger partial charge in [0.1, 0.15) is 0 Å². The third-order valence-electron chi connectivity index (χ3n) is 0.642. The van der Waals surface area contributed by atoms with Crippen LogP contribution in [0.4, 0.5) is 0 Å². The van der Waals surface area contributed by atoms with Crippen molar-refractivity contribution >= 4 is 58.3 Å². The normalized spacial score (nSPS) is 18.2. The number of hydrogen-bond acceptors (Lipinski definition) is 4. The van der Waals surface area contributed by atoms with Gasteiger partial charge in [-0.3, -0.25) is 0 Å². The summed E-state index contributed by atoms with van der Waals surface area (Å²) in [4.78, 5) is 0. The summed E-state index contributed by atoms with van der Waals surface area (Å²) in [6, 6.07) is -1.73. The summed E-state index contributed by atoms with van der Waals surface area (Å²) in [5, 5.41) is 4.52. The molecule has 0 aliphatic carbocycles. The first-order chi connectivity index (χ1) is 6.08. The molecule has 0 rings (SSSR count). The number of rotatable bonds is 3. The molecule has 7 heteroatoms. The van der Waals surface area contributed by atoms with Crippen molar-refractivity contribution in [3.63, 3.8) is 0 Å². The molecule has 0 amide bonds. The van der Waals surface area contributed by atoms with E-state index in [1.54, 1.807) is 0 Å². The van der Waals surface area contributed by atoms with Gasteiger partial charge in [0.05, 0.1) is 4.11 Å². The number of nitrogens with one attached hydrogen (secondary N) is 2. The van der Waals surface area contributed by atoms with E-state index in [0.717, 1.165) is 0 Å². The van der Waals surface area contributed by atoms with Crippen LogP contribution in [0.3, 0.4) is 0 Å². The van der Waals surface area contributed by atoms with Crippen molar-refractivity contribution < 1.29 is 23.6 Å². The summed E-state index contributed by atoms with van der Waals surface area (Å²) in [6.07, 6.45) is 0. The van der Waals surface area contributed by atoms with Gasteiger partial charge in [-0.15, -0.1) is 0 Å². The molecule has 0 saturated carbocycles. The molecule has 12 heavy (non-hydrogen) atoms. The summed E-state index contributed by atoms with van der Waals surface area (Å²) in [5.41, 5.74) is 0. The van der Waals surface area contributed by atoms with Crippen LogP contribution < -0.4 is 10.6 Å². The number of thiocarbonyl (C=S) groups is 2. The third-order valence-corrected chi connectivity index (χ3v) is 1.05. The Morgan fingerprint density at radius 2 is 2.08 bits per heavy atom. The van der Waals surface area contributed by atoms with E-state index in [2.05, 4.69) is 60.3 Å². The van der Waals surface area contributed by atoms with Crippen LogP contribution in [-0.2, 0) is 44.7 Å². The Morgan fingerprint density at radius 1 is 1.58 bits per heavy atom. The van der Waals surface area contributed by atoms with Gasteiger partial charge in [-0.05, 0) is 6.92 Å².